The van der Waals surface area contributed by atoms with Crippen LogP contribution in [0.4, 0.5) is 0 Å². The van der Waals surface area contributed by atoms with Crippen LogP contribution < -0.4 is 15.8 Å². The predicted octanol–water partition coefficient (Wildman–Crippen LogP) is -0.442. The molecule has 1 atom stereocenters. The molecular formula is C10H23N3O3S. The second-order valence-corrected chi connectivity index (χ2v) is 6.62. The lowest BCUT2D eigenvalue weighted by Gasteiger charge is -2.26. The zero-order valence-corrected chi connectivity index (χ0v) is 11.7. The van der Waals surface area contributed by atoms with Crippen molar-refractivity contribution < 1.29 is 13.2 Å². The molecule has 0 unspecified atom stereocenters. The lowest BCUT2D eigenvalue weighted by Crippen LogP contribution is -2.53. The summed E-state index contributed by atoms with van der Waals surface area (Å²) >= 11 is 0. The van der Waals surface area contributed by atoms with Gasteiger partial charge in [-0.15, -0.1) is 0 Å². The second kappa shape index (κ2) is 6.32. The van der Waals surface area contributed by atoms with Crippen LogP contribution in [0.3, 0.4) is 0 Å². The fraction of sp³-hybridized carbons (Fsp3) is 0.900. The van der Waals surface area contributed by atoms with Crippen LogP contribution >= 0.6 is 0 Å². The highest BCUT2D eigenvalue weighted by molar-refractivity contribution is 7.88. The van der Waals surface area contributed by atoms with E-state index < -0.39 is 21.6 Å². The molecule has 0 aromatic heterocycles. The van der Waals surface area contributed by atoms with E-state index in [0.717, 1.165) is 12.7 Å². The number of nitrogens with two attached hydrogens (primary N) is 1. The molecule has 7 heteroatoms. The van der Waals surface area contributed by atoms with Gasteiger partial charge in [0.25, 0.3) is 0 Å². The van der Waals surface area contributed by atoms with Crippen LogP contribution in [0.1, 0.15) is 33.6 Å². The van der Waals surface area contributed by atoms with Gasteiger partial charge >= 0.3 is 0 Å². The van der Waals surface area contributed by atoms with Crippen molar-refractivity contribution in [2.24, 2.45) is 5.73 Å². The SMILES string of the molecule is CCC[C@@H](N)C(=O)NCC(C)(C)NS(C)(=O)=O. The van der Waals surface area contributed by atoms with Crippen molar-refractivity contribution >= 4 is 15.9 Å². The summed E-state index contributed by atoms with van der Waals surface area (Å²) in [6.07, 6.45) is 2.53. The van der Waals surface area contributed by atoms with Gasteiger partial charge in [0.1, 0.15) is 0 Å². The van der Waals surface area contributed by atoms with Crippen molar-refractivity contribution in [2.45, 2.75) is 45.2 Å². The summed E-state index contributed by atoms with van der Waals surface area (Å²) in [5, 5.41) is 2.64. The summed E-state index contributed by atoms with van der Waals surface area (Å²) in [4.78, 5) is 11.5. The minimum Gasteiger partial charge on any atom is -0.353 e. The fourth-order valence-corrected chi connectivity index (χ4v) is 2.50. The van der Waals surface area contributed by atoms with E-state index in [1.165, 1.54) is 0 Å². The molecule has 0 radical (unpaired) electrons. The number of hydrogen-bond acceptors (Lipinski definition) is 4. The van der Waals surface area contributed by atoms with E-state index in [4.69, 9.17) is 5.73 Å². The molecule has 0 aliphatic carbocycles. The molecule has 4 N–H and O–H groups in total. The quantitative estimate of drug-likeness (QED) is 0.580. The van der Waals surface area contributed by atoms with Gasteiger partial charge in [-0.1, -0.05) is 13.3 Å². The molecule has 0 aliphatic heterocycles. The molecule has 0 rings (SSSR count). The molecule has 0 spiro atoms. The van der Waals surface area contributed by atoms with Gasteiger partial charge in [-0.25, -0.2) is 13.1 Å². The Hall–Kier alpha value is -0.660. The number of hydrogen-bond donors (Lipinski definition) is 3. The highest BCUT2D eigenvalue weighted by Crippen LogP contribution is 2.02. The Morgan fingerprint density at radius 1 is 1.41 bits per heavy atom. The molecule has 0 bridgehead atoms. The van der Waals surface area contributed by atoms with Crippen LogP contribution in [0.15, 0.2) is 0 Å². The fourth-order valence-electron chi connectivity index (χ4n) is 1.42. The first kappa shape index (κ1) is 16.3. The summed E-state index contributed by atoms with van der Waals surface area (Å²) in [5.74, 6) is -0.254. The number of amides is 1. The number of sulfonamides is 1. The maximum Gasteiger partial charge on any atom is 0.236 e. The monoisotopic (exact) mass is 265 g/mol. The van der Waals surface area contributed by atoms with Crippen LogP contribution in [0.5, 0.6) is 0 Å². The van der Waals surface area contributed by atoms with Gasteiger partial charge in [0, 0.05) is 12.1 Å². The lowest BCUT2D eigenvalue weighted by atomic mass is 10.1. The molecule has 0 fully saturated rings. The van der Waals surface area contributed by atoms with E-state index in [9.17, 15) is 13.2 Å². The topological polar surface area (TPSA) is 101 Å². The van der Waals surface area contributed by atoms with Gasteiger partial charge in [0.05, 0.1) is 12.3 Å². The first-order valence-electron chi connectivity index (χ1n) is 5.59. The van der Waals surface area contributed by atoms with Crippen molar-refractivity contribution in [3.8, 4) is 0 Å². The Balaban J connectivity index is 4.23. The molecule has 0 aliphatic rings. The standard InChI is InChI=1S/C10H23N3O3S/c1-5-6-8(11)9(14)12-7-10(2,3)13-17(4,15)16/h8,13H,5-7,11H2,1-4H3,(H,12,14)/t8-/m1/s1. The van der Waals surface area contributed by atoms with Crippen molar-refractivity contribution in [3.05, 3.63) is 0 Å². The lowest BCUT2D eigenvalue weighted by molar-refractivity contribution is -0.122. The van der Waals surface area contributed by atoms with Crippen LogP contribution in [0.2, 0.25) is 0 Å². The van der Waals surface area contributed by atoms with Gasteiger partial charge < -0.3 is 11.1 Å². The third kappa shape index (κ3) is 8.12. The van der Waals surface area contributed by atoms with E-state index >= 15 is 0 Å². The molecule has 17 heavy (non-hydrogen) atoms. The Morgan fingerprint density at radius 2 is 1.94 bits per heavy atom. The Kier molecular flexibility index (Phi) is 6.08. The number of nitrogens with one attached hydrogen (secondary N) is 2. The molecule has 102 valence electrons. The van der Waals surface area contributed by atoms with Crippen LogP contribution in [0.25, 0.3) is 0 Å². The van der Waals surface area contributed by atoms with Crippen molar-refractivity contribution in [1.82, 2.24) is 10.0 Å². The van der Waals surface area contributed by atoms with E-state index in [-0.39, 0.29) is 12.5 Å². The van der Waals surface area contributed by atoms with Gasteiger partial charge in [0.15, 0.2) is 0 Å². The van der Waals surface area contributed by atoms with Crippen molar-refractivity contribution in [1.29, 1.82) is 0 Å². The molecule has 0 saturated heterocycles. The number of carbonyl (C=O) groups is 1. The Bertz CT molecular complexity index is 352. The summed E-state index contributed by atoms with van der Waals surface area (Å²) < 4.78 is 24.6. The zero-order chi connectivity index (χ0) is 13.7. The minimum atomic E-state index is -3.29. The smallest absolute Gasteiger partial charge is 0.236 e. The maximum absolute atomic E-state index is 11.5. The highest BCUT2D eigenvalue weighted by atomic mass is 32.2. The van der Waals surface area contributed by atoms with Crippen LogP contribution in [0, 0.1) is 0 Å². The van der Waals surface area contributed by atoms with Gasteiger partial charge in [0.2, 0.25) is 15.9 Å². The average Bonchev–Trinajstić information content (AvgIpc) is 2.10. The third-order valence-corrected chi connectivity index (χ3v) is 3.03. The Labute approximate surface area is 103 Å². The summed E-state index contributed by atoms with van der Waals surface area (Å²) in [6, 6.07) is -0.533. The largest absolute Gasteiger partial charge is 0.353 e. The molecular weight excluding hydrogens is 242 g/mol. The molecule has 0 aromatic rings. The average molecular weight is 265 g/mol. The van der Waals surface area contributed by atoms with Crippen LogP contribution in [-0.4, -0.2) is 38.7 Å². The van der Waals surface area contributed by atoms with E-state index in [1.54, 1.807) is 13.8 Å². The highest BCUT2D eigenvalue weighted by Gasteiger charge is 2.23. The summed E-state index contributed by atoms with van der Waals surface area (Å²) in [7, 11) is -3.29. The first-order chi connectivity index (χ1) is 7.57. The molecule has 1 amide bonds. The van der Waals surface area contributed by atoms with Gasteiger partial charge in [-0.2, -0.15) is 0 Å². The molecule has 0 saturated carbocycles. The van der Waals surface area contributed by atoms with E-state index in [1.807, 2.05) is 6.92 Å². The van der Waals surface area contributed by atoms with E-state index in [0.29, 0.717) is 6.42 Å². The number of rotatable bonds is 7. The third-order valence-electron chi connectivity index (χ3n) is 2.10. The zero-order valence-electron chi connectivity index (χ0n) is 10.9. The van der Waals surface area contributed by atoms with Crippen molar-refractivity contribution in [3.63, 3.8) is 0 Å². The normalized spacial score (nSPS) is 14.4. The van der Waals surface area contributed by atoms with Gasteiger partial charge in [-0.05, 0) is 20.3 Å². The maximum atomic E-state index is 11.5. The molecule has 0 aromatic carbocycles. The summed E-state index contributed by atoms with van der Waals surface area (Å²) in [6.45, 7) is 5.54. The minimum absolute atomic E-state index is 0.205. The number of carbonyl (C=O) groups excluding carboxylic acids is 1. The van der Waals surface area contributed by atoms with Gasteiger partial charge in [-0.3, -0.25) is 4.79 Å². The molecule has 6 nitrogen and oxygen atoms in total. The van der Waals surface area contributed by atoms with Crippen molar-refractivity contribution in [2.75, 3.05) is 12.8 Å². The Morgan fingerprint density at radius 3 is 2.35 bits per heavy atom. The van der Waals surface area contributed by atoms with Crippen LogP contribution in [-0.2, 0) is 14.8 Å². The predicted molar refractivity (Wildman–Crippen MR) is 68.0 cm³/mol. The summed E-state index contributed by atoms with van der Waals surface area (Å²) in [5.41, 5.74) is 4.91. The first-order valence-corrected chi connectivity index (χ1v) is 7.49. The second-order valence-electron chi connectivity index (χ2n) is 4.87. The molecule has 0 heterocycles. The van der Waals surface area contributed by atoms with E-state index in [2.05, 4.69) is 10.0 Å².